The molecule has 0 radical (unpaired) electrons. The van der Waals surface area contributed by atoms with Gasteiger partial charge in [-0.1, -0.05) is 50.7 Å². The molecule has 17 heavy (non-hydrogen) atoms. The van der Waals surface area contributed by atoms with Crippen molar-refractivity contribution in [3.05, 3.63) is 0 Å². The van der Waals surface area contributed by atoms with Crippen molar-refractivity contribution in [2.24, 2.45) is 11.8 Å². The Morgan fingerprint density at radius 3 is 1.82 bits per heavy atom. The summed E-state index contributed by atoms with van der Waals surface area (Å²) in [5.41, 5.74) is 0. The van der Waals surface area contributed by atoms with Crippen molar-refractivity contribution < 1.29 is 4.79 Å². The summed E-state index contributed by atoms with van der Waals surface area (Å²) in [6, 6.07) is 0. The molecule has 0 aromatic heterocycles. The molecule has 2 aliphatic rings. The van der Waals surface area contributed by atoms with E-state index in [1.165, 1.54) is 51.4 Å². The number of ketones is 1. The SMILES string of the molecule is O=C(CC(=S)C1CCCCC1)C1CCCCC1. The van der Waals surface area contributed by atoms with Crippen molar-refractivity contribution in [1.29, 1.82) is 0 Å². The Morgan fingerprint density at radius 1 is 0.824 bits per heavy atom. The summed E-state index contributed by atoms with van der Waals surface area (Å²) >= 11 is 5.50. The van der Waals surface area contributed by atoms with E-state index < -0.39 is 0 Å². The van der Waals surface area contributed by atoms with Crippen LogP contribution in [0.2, 0.25) is 0 Å². The Kier molecular flexibility index (Phi) is 5.15. The predicted molar refractivity (Wildman–Crippen MR) is 75.4 cm³/mol. The number of rotatable bonds is 4. The molecule has 0 N–H and O–H groups in total. The molecule has 2 aliphatic carbocycles. The lowest BCUT2D eigenvalue weighted by atomic mass is 9.81. The van der Waals surface area contributed by atoms with E-state index in [1.807, 2.05) is 0 Å². The molecule has 0 unspecified atom stereocenters. The standard InChI is InChI=1S/C15H24OS/c16-14(12-7-3-1-4-8-12)11-15(17)13-9-5-2-6-10-13/h12-13H,1-11H2. The number of hydrogen-bond acceptors (Lipinski definition) is 2. The zero-order valence-corrected chi connectivity index (χ0v) is 11.6. The minimum atomic E-state index is 0.338. The van der Waals surface area contributed by atoms with Gasteiger partial charge in [-0.05, 0) is 31.6 Å². The van der Waals surface area contributed by atoms with Crippen molar-refractivity contribution in [2.75, 3.05) is 0 Å². The van der Waals surface area contributed by atoms with Gasteiger partial charge >= 0.3 is 0 Å². The Balaban J connectivity index is 1.78. The fourth-order valence-electron chi connectivity index (χ4n) is 3.31. The van der Waals surface area contributed by atoms with E-state index in [0.717, 1.165) is 17.7 Å². The molecule has 96 valence electrons. The van der Waals surface area contributed by atoms with Crippen LogP contribution in [-0.4, -0.2) is 10.6 Å². The van der Waals surface area contributed by atoms with Crippen LogP contribution < -0.4 is 0 Å². The van der Waals surface area contributed by atoms with Gasteiger partial charge in [0.1, 0.15) is 5.78 Å². The number of Topliss-reactive ketones (excluding diaryl/α,β-unsaturated/α-hetero) is 1. The molecule has 0 amide bonds. The lowest BCUT2D eigenvalue weighted by molar-refractivity contribution is -0.122. The molecule has 2 fully saturated rings. The highest BCUT2D eigenvalue weighted by atomic mass is 32.1. The third-order valence-electron chi connectivity index (χ3n) is 4.47. The van der Waals surface area contributed by atoms with Crippen molar-refractivity contribution >= 4 is 22.9 Å². The quantitative estimate of drug-likeness (QED) is 0.686. The van der Waals surface area contributed by atoms with Crippen molar-refractivity contribution in [1.82, 2.24) is 0 Å². The first-order valence-electron chi connectivity index (χ1n) is 7.33. The molecular formula is C15H24OS. The van der Waals surface area contributed by atoms with Crippen LogP contribution in [0.25, 0.3) is 0 Å². The zero-order chi connectivity index (χ0) is 12.1. The van der Waals surface area contributed by atoms with E-state index in [-0.39, 0.29) is 0 Å². The Morgan fingerprint density at radius 2 is 1.29 bits per heavy atom. The third-order valence-corrected chi connectivity index (χ3v) is 4.95. The average molecular weight is 252 g/mol. The van der Waals surface area contributed by atoms with Crippen molar-refractivity contribution in [3.8, 4) is 0 Å². The number of carbonyl (C=O) groups is 1. The Hall–Kier alpha value is -0.240. The van der Waals surface area contributed by atoms with Gasteiger partial charge in [0.25, 0.3) is 0 Å². The van der Waals surface area contributed by atoms with Crippen LogP contribution >= 0.6 is 12.2 Å². The largest absolute Gasteiger partial charge is 0.299 e. The molecule has 0 saturated heterocycles. The second-order valence-electron chi connectivity index (χ2n) is 5.78. The lowest BCUT2D eigenvalue weighted by Gasteiger charge is -2.24. The maximum atomic E-state index is 12.2. The monoisotopic (exact) mass is 252 g/mol. The maximum absolute atomic E-state index is 12.2. The summed E-state index contributed by atoms with van der Waals surface area (Å²) in [5, 5.41) is 0. The minimum Gasteiger partial charge on any atom is -0.299 e. The molecule has 0 aromatic carbocycles. The first-order valence-corrected chi connectivity index (χ1v) is 7.73. The van der Waals surface area contributed by atoms with Gasteiger partial charge in [-0.15, -0.1) is 0 Å². The van der Waals surface area contributed by atoms with Crippen molar-refractivity contribution in [2.45, 2.75) is 70.6 Å². The summed E-state index contributed by atoms with van der Waals surface area (Å²) in [5.74, 6) is 1.36. The highest BCUT2D eigenvalue weighted by molar-refractivity contribution is 7.80. The van der Waals surface area contributed by atoms with E-state index in [2.05, 4.69) is 0 Å². The van der Waals surface area contributed by atoms with Gasteiger partial charge in [-0.3, -0.25) is 4.79 Å². The summed E-state index contributed by atoms with van der Waals surface area (Å²) < 4.78 is 0. The van der Waals surface area contributed by atoms with Crippen molar-refractivity contribution in [3.63, 3.8) is 0 Å². The van der Waals surface area contributed by atoms with Crippen LogP contribution in [0.15, 0.2) is 0 Å². The molecule has 0 bridgehead atoms. The van der Waals surface area contributed by atoms with Gasteiger partial charge in [-0.2, -0.15) is 0 Å². The highest BCUT2D eigenvalue weighted by Crippen LogP contribution is 2.29. The molecule has 2 saturated carbocycles. The smallest absolute Gasteiger partial charge is 0.140 e. The molecule has 1 nitrogen and oxygen atoms in total. The van der Waals surface area contributed by atoms with Gasteiger partial charge < -0.3 is 0 Å². The summed E-state index contributed by atoms with van der Waals surface area (Å²) in [4.78, 5) is 13.2. The van der Waals surface area contributed by atoms with Gasteiger partial charge in [0, 0.05) is 17.2 Å². The Bertz CT molecular complexity index is 245. The first-order chi connectivity index (χ1) is 8.27. The molecule has 0 aliphatic heterocycles. The van der Waals surface area contributed by atoms with Crippen LogP contribution in [0.5, 0.6) is 0 Å². The normalized spacial score (nSPS) is 23.5. The van der Waals surface area contributed by atoms with Gasteiger partial charge in [0.15, 0.2) is 0 Å². The first kappa shape index (κ1) is 13.2. The fraction of sp³-hybridized carbons (Fsp3) is 0.867. The zero-order valence-electron chi connectivity index (χ0n) is 10.7. The van der Waals surface area contributed by atoms with Crippen LogP contribution in [-0.2, 0) is 4.79 Å². The molecular weight excluding hydrogens is 228 g/mol. The van der Waals surface area contributed by atoms with E-state index in [0.29, 0.717) is 24.0 Å². The highest BCUT2D eigenvalue weighted by Gasteiger charge is 2.25. The van der Waals surface area contributed by atoms with Gasteiger partial charge in [-0.25, -0.2) is 0 Å². The second kappa shape index (κ2) is 6.63. The molecule has 2 rings (SSSR count). The predicted octanol–water partition coefficient (Wildman–Crippen LogP) is 4.48. The summed E-state index contributed by atoms with van der Waals surface area (Å²) in [6.45, 7) is 0. The number of thiocarbonyl (C=S) groups is 1. The van der Waals surface area contributed by atoms with E-state index in [9.17, 15) is 4.79 Å². The molecule has 2 heteroatoms. The average Bonchev–Trinajstić information content (AvgIpc) is 2.40. The lowest BCUT2D eigenvalue weighted by Crippen LogP contribution is -2.24. The molecule has 0 atom stereocenters. The summed E-state index contributed by atoms with van der Waals surface area (Å²) in [6.07, 6.45) is 13.1. The fourth-order valence-corrected chi connectivity index (χ4v) is 3.69. The molecule has 0 aromatic rings. The molecule has 0 heterocycles. The summed E-state index contributed by atoms with van der Waals surface area (Å²) in [7, 11) is 0. The van der Waals surface area contributed by atoms with E-state index in [1.54, 1.807) is 0 Å². The molecule has 0 spiro atoms. The van der Waals surface area contributed by atoms with Crippen LogP contribution in [0.1, 0.15) is 70.6 Å². The topological polar surface area (TPSA) is 17.1 Å². The van der Waals surface area contributed by atoms with Crippen LogP contribution in [0.3, 0.4) is 0 Å². The minimum absolute atomic E-state index is 0.338. The second-order valence-corrected chi connectivity index (χ2v) is 6.30. The van der Waals surface area contributed by atoms with Gasteiger partial charge in [0.2, 0.25) is 0 Å². The van der Waals surface area contributed by atoms with E-state index in [4.69, 9.17) is 12.2 Å². The van der Waals surface area contributed by atoms with Crippen LogP contribution in [0.4, 0.5) is 0 Å². The maximum Gasteiger partial charge on any atom is 0.140 e. The Labute approximate surface area is 110 Å². The van der Waals surface area contributed by atoms with E-state index >= 15 is 0 Å². The van der Waals surface area contributed by atoms with Crippen LogP contribution in [0, 0.1) is 11.8 Å². The number of carbonyl (C=O) groups excluding carboxylic acids is 1. The third kappa shape index (κ3) is 3.87. The number of hydrogen-bond donors (Lipinski definition) is 0. The van der Waals surface area contributed by atoms with Gasteiger partial charge in [0.05, 0.1) is 0 Å².